The number of hydrogen-bond acceptors (Lipinski definition) is 1. The van der Waals surface area contributed by atoms with Gasteiger partial charge in [-0.2, -0.15) is 26.3 Å². The van der Waals surface area contributed by atoms with Gasteiger partial charge < -0.3 is 5.11 Å². The van der Waals surface area contributed by atoms with E-state index in [1.807, 2.05) is 0 Å². The van der Waals surface area contributed by atoms with Crippen LogP contribution in [0, 0.1) is 0 Å². The molecule has 1 aromatic carbocycles. The molecule has 8 heteroatoms. The molecule has 0 aliphatic rings. The van der Waals surface area contributed by atoms with Crippen molar-refractivity contribution in [1.82, 2.24) is 0 Å². The van der Waals surface area contributed by atoms with E-state index in [1.54, 1.807) is 0 Å². The molecule has 18 heavy (non-hydrogen) atoms. The van der Waals surface area contributed by atoms with Crippen molar-refractivity contribution in [2.45, 2.75) is 25.2 Å². The quantitative estimate of drug-likeness (QED) is 0.742. The van der Waals surface area contributed by atoms with Crippen LogP contribution in [0.3, 0.4) is 0 Å². The zero-order chi connectivity index (χ0) is 14.3. The number of hydrogen-bond donors (Lipinski definition) is 1. The van der Waals surface area contributed by atoms with E-state index in [1.165, 1.54) is 0 Å². The molecule has 0 spiro atoms. The summed E-state index contributed by atoms with van der Waals surface area (Å²) in [6.45, 7) is 0.744. The molecule has 1 rings (SSSR count). The molecule has 1 nitrogen and oxygen atoms in total. The average molecular weight is 293 g/mol. The van der Waals surface area contributed by atoms with Crippen LogP contribution in [-0.2, 0) is 6.18 Å². The molecule has 0 heterocycles. The van der Waals surface area contributed by atoms with Crippen LogP contribution in [0.25, 0.3) is 0 Å². The Morgan fingerprint density at radius 3 is 2.00 bits per heavy atom. The molecule has 0 amide bonds. The van der Waals surface area contributed by atoms with Gasteiger partial charge in [-0.1, -0.05) is 11.6 Å². The van der Waals surface area contributed by atoms with Crippen LogP contribution in [0.5, 0.6) is 5.75 Å². The molecule has 0 saturated carbocycles. The largest absolute Gasteiger partial charge is 0.507 e. The van der Waals surface area contributed by atoms with Crippen LogP contribution in [0.4, 0.5) is 26.3 Å². The lowest BCUT2D eigenvalue weighted by Crippen LogP contribution is -2.18. The van der Waals surface area contributed by atoms with E-state index < -0.39 is 40.2 Å². The van der Waals surface area contributed by atoms with Crippen molar-refractivity contribution in [2.75, 3.05) is 0 Å². The van der Waals surface area contributed by atoms with Gasteiger partial charge in [0.25, 0.3) is 0 Å². The Morgan fingerprint density at radius 2 is 1.61 bits per heavy atom. The minimum absolute atomic E-state index is 0.286. The minimum Gasteiger partial charge on any atom is -0.507 e. The SMILES string of the molecule is CC(c1cc(O)c(C(F)(F)F)cc1Cl)C(F)(F)F. The van der Waals surface area contributed by atoms with Crippen LogP contribution in [0.15, 0.2) is 12.1 Å². The van der Waals surface area contributed by atoms with Crippen LogP contribution in [0.2, 0.25) is 5.02 Å². The van der Waals surface area contributed by atoms with E-state index in [0.717, 1.165) is 6.92 Å². The monoisotopic (exact) mass is 292 g/mol. The summed E-state index contributed by atoms with van der Waals surface area (Å²) in [5, 5.41) is 8.43. The molecular weight excluding hydrogens is 286 g/mol. The first kappa shape index (κ1) is 14.9. The highest BCUT2D eigenvalue weighted by Gasteiger charge is 2.40. The highest BCUT2D eigenvalue weighted by atomic mass is 35.5. The number of rotatable bonds is 1. The van der Waals surface area contributed by atoms with E-state index in [0.29, 0.717) is 6.07 Å². The molecule has 102 valence electrons. The van der Waals surface area contributed by atoms with E-state index in [-0.39, 0.29) is 6.07 Å². The second-order valence-corrected chi connectivity index (χ2v) is 4.06. The molecule has 0 aromatic heterocycles. The van der Waals surface area contributed by atoms with Crippen molar-refractivity contribution >= 4 is 11.6 Å². The van der Waals surface area contributed by atoms with Crippen molar-refractivity contribution < 1.29 is 31.4 Å². The highest BCUT2D eigenvalue weighted by Crippen LogP contribution is 2.43. The molecule has 0 aliphatic heterocycles. The van der Waals surface area contributed by atoms with Gasteiger partial charge in [-0.15, -0.1) is 0 Å². The maximum Gasteiger partial charge on any atom is 0.420 e. The predicted molar refractivity (Wildman–Crippen MR) is 52.6 cm³/mol. The summed E-state index contributed by atoms with van der Waals surface area (Å²) in [5.74, 6) is -3.35. The fraction of sp³-hybridized carbons (Fsp3) is 0.400. The van der Waals surface area contributed by atoms with Gasteiger partial charge in [-0.3, -0.25) is 0 Å². The number of aromatic hydroxyl groups is 1. The van der Waals surface area contributed by atoms with Crippen molar-refractivity contribution in [2.24, 2.45) is 0 Å². The predicted octanol–water partition coefficient (Wildman–Crippen LogP) is 4.73. The zero-order valence-electron chi connectivity index (χ0n) is 8.83. The van der Waals surface area contributed by atoms with Crippen molar-refractivity contribution in [1.29, 1.82) is 0 Å². The number of halogens is 7. The van der Waals surface area contributed by atoms with Crippen LogP contribution < -0.4 is 0 Å². The number of phenolic OH excluding ortho intramolecular Hbond substituents is 1. The molecule has 1 aromatic rings. The third-order valence-electron chi connectivity index (χ3n) is 2.38. The van der Waals surface area contributed by atoms with Gasteiger partial charge in [0.1, 0.15) is 5.75 Å². The van der Waals surface area contributed by atoms with Gasteiger partial charge in [0, 0.05) is 5.02 Å². The maximum absolute atomic E-state index is 12.4. The van der Waals surface area contributed by atoms with E-state index in [9.17, 15) is 26.3 Å². The summed E-state index contributed by atoms with van der Waals surface area (Å²) < 4.78 is 74.3. The molecule has 1 N–H and O–H groups in total. The van der Waals surface area contributed by atoms with Gasteiger partial charge >= 0.3 is 12.4 Å². The van der Waals surface area contributed by atoms with Crippen LogP contribution in [0.1, 0.15) is 24.0 Å². The maximum atomic E-state index is 12.4. The summed E-state index contributed by atoms with van der Waals surface area (Å²) in [7, 11) is 0. The molecule has 1 atom stereocenters. The fourth-order valence-corrected chi connectivity index (χ4v) is 1.64. The van der Waals surface area contributed by atoms with Crippen LogP contribution in [-0.4, -0.2) is 11.3 Å². The van der Waals surface area contributed by atoms with Crippen molar-refractivity contribution in [3.63, 3.8) is 0 Å². The Morgan fingerprint density at radius 1 is 1.11 bits per heavy atom. The van der Waals surface area contributed by atoms with Gasteiger partial charge in [0.05, 0.1) is 11.5 Å². The van der Waals surface area contributed by atoms with E-state index in [2.05, 4.69) is 0 Å². The van der Waals surface area contributed by atoms with Gasteiger partial charge in [0.15, 0.2) is 0 Å². The lowest BCUT2D eigenvalue weighted by Gasteiger charge is -2.19. The second-order valence-electron chi connectivity index (χ2n) is 3.65. The second kappa shape index (κ2) is 4.53. The Kier molecular flexibility index (Phi) is 3.76. The van der Waals surface area contributed by atoms with Gasteiger partial charge in [-0.25, -0.2) is 0 Å². The molecular formula is C10H7ClF6O. The third kappa shape index (κ3) is 3.01. The topological polar surface area (TPSA) is 20.2 Å². The summed E-state index contributed by atoms with van der Waals surface area (Å²) in [4.78, 5) is 0. The Bertz CT molecular complexity index is 451. The Labute approximate surface area is 103 Å². The first-order chi connectivity index (χ1) is 7.94. The molecule has 0 fully saturated rings. The van der Waals surface area contributed by atoms with Crippen LogP contribution >= 0.6 is 11.6 Å². The lowest BCUT2D eigenvalue weighted by molar-refractivity contribution is -0.146. The Balaban J connectivity index is 3.33. The average Bonchev–Trinajstić information content (AvgIpc) is 2.16. The summed E-state index contributed by atoms with van der Waals surface area (Å²) >= 11 is 5.40. The zero-order valence-corrected chi connectivity index (χ0v) is 9.58. The Hall–Kier alpha value is -1.11. The molecule has 0 radical (unpaired) electrons. The standard InChI is InChI=1S/C10H7ClF6O/c1-4(9(12,13)14)5-2-8(18)6(3-7(5)11)10(15,16)17/h2-4,18H,1H3. The minimum atomic E-state index is -4.88. The first-order valence-corrected chi connectivity index (χ1v) is 4.98. The smallest absolute Gasteiger partial charge is 0.420 e. The van der Waals surface area contributed by atoms with E-state index in [4.69, 9.17) is 16.7 Å². The fourth-order valence-electron chi connectivity index (χ4n) is 1.31. The molecule has 0 aliphatic carbocycles. The molecule has 0 saturated heterocycles. The third-order valence-corrected chi connectivity index (χ3v) is 2.71. The summed E-state index contributed by atoms with van der Waals surface area (Å²) in [5.41, 5.74) is -2.07. The number of benzene rings is 1. The molecule has 1 unspecified atom stereocenters. The molecule has 0 bridgehead atoms. The van der Waals surface area contributed by atoms with Crippen molar-refractivity contribution in [3.8, 4) is 5.75 Å². The van der Waals surface area contributed by atoms with Gasteiger partial charge in [-0.05, 0) is 24.6 Å². The summed E-state index contributed by atoms with van der Waals surface area (Å²) in [6, 6.07) is 0.678. The van der Waals surface area contributed by atoms with E-state index >= 15 is 0 Å². The van der Waals surface area contributed by atoms with Crippen molar-refractivity contribution in [3.05, 3.63) is 28.3 Å². The normalized spacial score (nSPS) is 14.7. The number of phenols is 1. The van der Waals surface area contributed by atoms with Gasteiger partial charge in [0.2, 0.25) is 0 Å². The highest BCUT2D eigenvalue weighted by molar-refractivity contribution is 6.31. The first-order valence-electron chi connectivity index (χ1n) is 4.61. The summed E-state index contributed by atoms with van der Waals surface area (Å²) in [6.07, 6.45) is -9.54. The lowest BCUT2D eigenvalue weighted by atomic mass is 9.98. The number of alkyl halides is 6.